The van der Waals surface area contributed by atoms with Gasteiger partial charge in [0.2, 0.25) is 0 Å². The molecule has 0 saturated carbocycles. The third-order valence-electron chi connectivity index (χ3n) is 2.30. The molecule has 3 nitrogen and oxygen atoms in total. The van der Waals surface area contributed by atoms with E-state index in [-0.39, 0.29) is 11.7 Å². The molecule has 0 unspecified atom stereocenters. The zero-order valence-corrected chi connectivity index (χ0v) is 10.5. The lowest BCUT2D eigenvalue weighted by atomic mass is 10.2. The minimum atomic E-state index is -0.358. The van der Waals surface area contributed by atoms with Crippen LogP contribution in [0, 0.1) is 12.7 Å². The van der Waals surface area contributed by atoms with Gasteiger partial charge in [0, 0.05) is 5.69 Å². The molecule has 0 aliphatic heterocycles. The molecule has 1 heterocycles. The summed E-state index contributed by atoms with van der Waals surface area (Å²) in [4.78, 5) is 11.7. The van der Waals surface area contributed by atoms with Crippen LogP contribution in [0.3, 0.4) is 0 Å². The Balaban J connectivity index is 2.25. The van der Waals surface area contributed by atoms with E-state index in [1.54, 1.807) is 13.0 Å². The van der Waals surface area contributed by atoms with Crippen LogP contribution in [0.2, 0.25) is 0 Å². The fourth-order valence-corrected chi connectivity index (χ4v) is 1.71. The van der Waals surface area contributed by atoms with Crippen molar-refractivity contribution in [2.75, 3.05) is 5.32 Å². The first-order chi connectivity index (χ1) is 8.08. The Kier molecular flexibility index (Phi) is 3.28. The maximum Gasteiger partial charge on any atom is 0.258 e. The molecule has 5 heteroatoms. The minimum Gasteiger partial charge on any atom is -0.472 e. The van der Waals surface area contributed by atoms with E-state index < -0.39 is 0 Å². The van der Waals surface area contributed by atoms with E-state index in [2.05, 4.69) is 21.2 Å². The highest BCUT2D eigenvalue weighted by Crippen LogP contribution is 2.24. The Morgan fingerprint density at radius 2 is 2.24 bits per heavy atom. The molecule has 1 aromatic carbocycles. The third-order valence-corrected chi connectivity index (χ3v) is 2.91. The van der Waals surface area contributed by atoms with Crippen molar-refractivity contribution in [1.82, 2.24) is 0 Å². The quantitative estimate of drug-likeness (QED) is 0.917. The number of carbonyl (C=O) groups is 1. The van der Waals surface area contributed by atoms with Gasteiger partial charge in [0.1, 0.15) is 12.1 Å². The lowest BCUT2D eigenvalue weighted by Crippen LogP contribution is -2.12. The zero-order valence-electron chi connectivity index (χ0n) is 8.96. The van der Waals surface area contributed by atoms with Gasteiger partial charge in [0.25, 0.3) is 5.91 Å². The van der Waals surface area contributed by atoms with E-state index >= 15 is 0 Å². The van der Waals surface area contributed by atoms with E-state index in [1.165, 1.54) is 24.7 Å². The predicted octanol–water partition coefficient (Wildman–Crippen LogP) is 3.74. The van der Waals surface area contributed by atoms with Crippen LogP contribution in [0.5, 0.6) is 0 Å². The van der Waals surface area contributed by atoms with Gasteiger partial charge in [-0.05, 0) is 46.6 Å². The molecule has 0 aliphatic rings. The molecule has 0 spiro atoms. The maximum atomic E-state index is 13.2. The van der Waals surface area contributed by atoms with Crippen molar-refractivity contribution in [3.8, 4) is 0 Å². The molecular formula is C12H9BrFNO2. The van der Waals surface area contributed by atoms with Crippen LogP contribution in [0.1, 0.15) is 15.9 Å². The second kappa shape index (κ2) is 4.71. The van der Waals surface area contributed by atoms with E-state index in [0.29, 0.717) is 21.3 Å². The van der Waals surface area contributed by atoms with Gasteiger partial charge in [0.15, 0.2) is 0 Å². The number of benzene rings is 1. The number of furan rings is 1. The minimum absolute atomic E-state index is 0.291. The van der Waals surface area contributed by atoms with Crippen molar-refractivity contribution in [3.63, 3.8) is 0 Å². The molecule has 1 N–H and O–H groups in total. The number of hydrogen-bond donors (Lipinski definition) is 1. The summed E-state index contributed by atoms with van der Waals surface area (Å²) in [5.41, 5.74) is 1.64. The normalized spacial score (nSPS) is 10.3. The van der Waals surface area contributed by atoms with Crippen LogP contribution >= 0.6 is 15.9 Å². The van der Waals surface area contributed by atoms with Crippen molar-refractivity contribution in [3.05, 3.63) is 52.1 Å². The monoisotopic (exact) mass is 297 g/mol. The lowest BCUT2D eigenvalue weighted by molar-refractivity contribution is 0.102. The number of carbonyl (C=O) groups excluding carboxylic acids is 1. The first-order valence-electron chi connectivity index (χ1n) is 4.87. The molecular weight excluding hydrogens is 289 g/mol. The van der Waals surface area contributed by atoms with Crippen LogP contribution < -0.4 is 5.32 Å². The van der Waals surface area contributed by atoms with Crippen molar-refractivity contribution < 1.29 is 13.6 Å². The number of amides is 1. The molecule has 0 atom stereocenters. The predicted molar refractivity (Wildman–Crippen MR) is 65.5 cm³/mol. The lowest BCUT2D eigenvalue weighted by Gasteiger charge is -2.08. The highest BCUT2D eigenvalue weighted by Gasteiger charge is 2.10. The number of rotatable bonds is 2. The van der Waals surface area contributed by atoms with E-state index in [1.807, 2.05) is 0 Å². The van der Waals surface area contributed by atoms with Gasteiger partial charge in [-0.15, -0.1) is 0 Å². The Morgan fingerprint density at radius 1 is 1.47 bits per heavy atom. The van der Waals surface area contributed by atoms with Crippen LogP contribution in [0.25, 0.3) is 0 Å². The molecule has 88 valence electrons. The summed E-state index contributed by atoms with van der Waals surface area (Å²) in [6.45, 7) is 1.72. The average molecular weight is 298 g/mol. The second-order valence-electron chi connectivity index (χ2n) is 3.55. The number of nitrogens with one attached hydrogen (secondary N) is 1. The third kappa shape index (κ3) is 2.55. The molecule has 2 aromatic rings. The first kappa shape index (κ1) is 11.9. The van der Waals surface area contributed by atoms with E-state index in [0.717, 1.165) is 0 Å². The van der Waals surface area contributed by atoms with Gasteiger partial charge < -0.3 is 9.73 Å². The van der Waals surface area contributed by atoms with Crippen LogP contribution in [0.4, 0.5) is 10.1 Å². The van der Waals surface area contributed by atoms with Crippen LogP contribution in [-0.2, 0) is 0 Å². The van der Waals surface area contributed by atoms with Crippen molar-refractivity contribution in [2.24, 2.45) is 0 Å². The second-order valence-corrected chi connectivity index (χ2v) is 4.40. The smallest absolute Gasteiger partial charge is 0.258 e. The highest BCUT2D eigenvalue weighted by atomic mass is 79.9. The van der Waals surface area contributed by atoms with Crippen LogP contribution in [-0.4, -0.2) is 5.91 Å². The summed E-state index contributed by atoms with van der Waals surface area (Å²) in [6.07, 6.45) is 2.77. The summed E-state index contributed by atoms with van der Waals surface area (Å²) in [5.74, 6) is -0.649. The summed E-state index contributed by atoms with van der Waals surface area (Å²) in [6, 6.07) is 4.45. The SMILES string of the molecule is Cc1cc(F)c(Br)cc1NC(=O)c1ccoc1. The summed E-state index contributed by atoms with van der Waals surface area (Å²) in [7, 11) is 0. The zero-order chi connectivity index (χ0) is 12.4. The summed E-state index contributed by atoms with van der Waals surface area (Å²) >= 11 is 3.07. The van der Waals surface area contributed by atoms with Gasteiger partial charge in [-0.1, -0.05) is 0 Å². The molecule has 0 radical (unpaired) electrons. The standard InChI is InChI=1S/C12H9BrFNO2/c1-7-4-10(14)9(13)5-11(7)15-12(16)8-2-3-17-6-8/h2-6H,1H3,(H,15,16). The highest BCUT2D eigenvalue weighted by molar-refractivity contribution is 9.10. The molecule has 0 aliphatic carbocycles. The first-order valence-corrected chi connectivity index (χ1v) is 5.66. The summed E-state index contributed by atoms with van der Waals surface area (Å²) in [5, 5.41) is 2.69. The van der Waals surface area contributed by atoms with Crippen molar-refractivity contribution in [2.45, 2.75) is 6.92 Å². The maximum absolute atomic E-state index is 13.2. The Morgan fingerprint density at radius 3 is 2.88 bits per heavy atom. The van der Waals surface area contributed by atoms with Crippen LogP contribution in [0.15, 0.2) is 39.6 Å². The molecule has 2 rings (SSSR count). The molecule has 0 fully saturated rings. The number of anilines is 1. The van der Waals surface area contributed by atoms with Gasteiger partial charge in [-0.3, -0.25) is 4.79 Å². The van der Waals surface area contributed by atoms with Gasteiger partial charge in [0.05, 0.1) is 16.3 Å². The number of hydrogen-bond acceptors (Lipinski definition) is 2. The number of aryl methyl sites for hydroxylation is 1. The van der Waals surface area contributed by atoms with Gasteiger partial charge in [-0.25, -0.2) is 4.39 Å². The molecule has 1 aromatic heterocycles. The Bertz CT molecular complexity index is 552. The molecule has 0 bridgehead atoms. The van der Waals surface area contributed by atoms with E-state index in [4.69, 9.17) is 4.42 Å². The van der Waals surface area contributed by atoms with Gasteiger partial charge >= 0.3 is 0 Å². The summed E-state index contributed by atoms with van der Waals surface area (Å²) < 4.78 is 18.3. The van der Waals surface area contributed by atoms with E-state index in [9.17, 15) is 9.18 Å². The average Bonchev–Trinajstić information content (AvgIpc) is 2.79. The Hall–Kier alpha value is -1.62. The topological polar surface area (TPSA) is 42.2 Å². The van der Waals surface area contributed by atoms with Crippen molar-refractivity contribution in [1.29, 1.82) is 0 Å². The van der Waals surface area contributed by atoms with Gasteiger partial charge in [-0.2, -0.15) is 0 Å². The molecule has 0 saturated heterocycles. The largest absolute Gasteiger partial charge is 0.472 e. The fourth-order valence-electron chi connectivity index (χ4n) is 1.37. The number of halogens is 2. The van der Waals surface area contributed by atoms with Crippen molar-refractivity contribution >= 4 is 27.5 Å². The molecule has 17 heavy (non-hydrogen) atoms. The fraction of sp³-hybridized carbons (Fsp3) is 0.0833. The Labute approximate surface area is 106 Å². The molecule has 1 amide bonds.